The number of hydrogen-bond acceptors (Lipinski definition) is 2. The van der Waals surface area contributed by atoms with Gasteiger partial charge in [0.05, 0.1) is 0 Å². The van der Waals surface area contributed by atoms with Gasteiger partial charge in [-0.1, -0.05) is 24.3 Å². The molecule has 0 fully saturated rings. The largest absolute Gasteiger partial charge is 0.460 e. The smallest absolute Gasteiger partial charge is 0.135 e. The van der Waals surface area contributed by atoms with Gasteiger partial charge in [-0.15, -0.1) is 0 Å². The number of fused-ring (bicyclic) bond motifs is 3. The van der Waals surface area contributed by atoms with E-state index in [-0.39, 0.29) is 0 Å². The first kappa shape index (κ1) is 8.36. The second-order valence-electron chi connectivity index (χ2n) is 3.69. The maximum absolute atomic E-state index is 5.77. The van der Waals surface area contributed by atoms with Crippen LogP contribution >= 0.6 is 0 Å². The van der Waals surface area contributed by atoms with Crippen LogP contribution in [0.4, 0.5) is 5.69 Å². The third-order valence-electron chi connectivity index (χ3n) is 2.64. The van der Waals surface area contributed by atoms with Crippen molar-refractivity contribution in [1.82, 2.24) is 0 Å². The van der Waals surface area contributed by atoms with E-state index < -0.39 is 0 Å². The second kappa shape index (κ2) is 3.02. The highest BCUT2D eigenvalue weighted by Crippen LogP contribution is 2.30. The summed E-state index contributed by atoms with van der Waals surface area (Å²) < 4.78 is 5.77. The van der Waals surface area contributed by atoms with Crippen molar-refractivity contribution in [3.63, 3.8) is 0 Å². The lowest BCUT2D eigenvalue weighted by molar-refractivity contribution is 0.564. The molecule has 2 aromatic rings. The van der Waals surface area contributed by atoms with Crippen LogP contribution in [-0.2, 0) is 6.42 Å². The lowest BCUT2D eigenvalue weighted by Crippen LogP contribution is -1.83. The fraction of sp³-hybridized carbons (Fsp3) is 0.0769. The zero-order valence-electron chi connectivity index (χ0n) is 8.23. The third-order valence-corrected chi connectivity index (χ3v) is 2.64. The molecule has 0 radical (unpaired) electrons. The Morgan fingerprint density at radius 1 is 1.20 bits per heavy atom. The Bertz CT molecular complexity index is 575. The van der Waals surface area contributed by atoms with E-state index in [9.17, 15) is 0 Å². The summed E-state index contributed by atoms with van der Waals surface area (Å²) in [6.07, 6.45) is 9.08. The molecule has 2 N–H and O–H groups in total. The normalized spacial score (nSPS) is 14.1. The molecule has 15 heavy (non-hydrogen) atoms. The van der Waals surface area contributed by atoms with E-state index in [1.165, 1.54) is 0 Å². The number of anilines is 1. The summed E-state index contributed by atoms with van der Waals surface area (Å²) in [6, 6.07) is 5.76. The predicted octanol–water partition coefficient (Wildman–Crippen LogP) is 3.14. The Labute approximate surface area is 87.7 Å². The van der Waals surface area contributed by atoms with Crippen molar-refractivity contribution in [2.45, 2.75) is 6.42 Å². The van der Waals surface area contributed by atoms with Crippen LogP contribution < -0.4 is 5.73 Å². The molecule has 0 unspecified atom stereocenters. The van der Waals surface area contributed by atoms with Gasteiger partial charge in [0.1, 0.15) is 11.3 Å². The number of allylic oxidation sites excluding steroid dienone is 3. The maximum Gasteiger partial charge on any atom is 0.135 e. The summed E-state index contributed by atoms with van der Waals surface area (Å²) >= 11 is 0. The SMILES string of the molecule is Nc1ccc2oc3c(c2c1)C=CC=CC3. The molecule has 1 aromatic heterocycles. The van der Waals surface area contributed by atoms with Crippen molar-refractivity contribution in [3.05, 3.63) is 47.8 Å². The summed E-state index contributed by atoms with van der Waals surface area (Å²) in [6.45, 7) is 0. The van der Waals surface area contributed by atoms with Crippen LogP contribution in [0.5, 0.6) is 0 Å². The van der Waals surface area contributed by atoms with Gasteiger partial charge < -0.3 is 10.2 Å². The summed E-state index contributed by atoms with van der Waals surface area (Å²) in [7, 11) is 0. The Hall–Kier alpha value is -1.96. The van der Waals surface area contributed by atoms with Gasteiger partial charge >= 0.3 is 0 Å². The first-order chi connectivity index (χ1) is 7.34. The number of nitrogen functional groups attached to an aromatic ring is 1. The number of furan rings is 1. The molecule has 0 amide bonds. The van der Waals surface area contributed by atoms with Crippen LogP contribution in [0.2, 0.25) is 0 Å². The van der Waals surface area contributed by atoms with Gasteiger partial charge in [-0.05, 0) is 18.2 Å². The first-order valence-electron chi connectivity index (χ1n) is 4.99. The molecule has 1 aliphatic rings. The van der Waals surface area contributed by atoms with Gasteiger partial charge in [-0.25, -0.2) is 0 Å². The van der Waals surface area contributed by atoms with E-state index in [4.69, 9.17) is 10.2 Å². The van der Waals surface area contributed by atoms with Gasteiger partial charge in [0.25, 0.3) is 0 Å². The van der Waals surface area contributed by atoms with Crippen molar-refractivity contribution >= 4 is 22.7 Å². The highest BCUT2D eigenvalue weighted by Gasteiger charge is 2.11. The number of nitrogens with two attached hydrogens (primary N) is 1. The fourth-order valence-corrected chi connectivity index (χ4v) is 1.92. The minimum atomic E-state index is 0.775. The Balaban J connectivity index is 2.35. The zero-order valence-corrected chi connectivity index (χ0v) is 8.23. The lowest BCUT2D eigenvalue weighted by atomic mass is 10.1. The molecule has 3 rings (SSSR count). The number of benzene rings is 1. The molecule has 2 nitrogen and oxygen atoms in total. The summed E-state index contributed by atoms with van der Waals surface area (Å²) in [5, 5.41) is 1.10. The van der Waals surface area contributed by atoms with Crippen molar-refractivity contribution in [1.29, 1.82) is 0 Å². The molecule has 0 saturated heterocycles. The molecule has 1 aromatic carbocycles. The molecular formula is C13H11NO. The lowest BCUT2D eigenvalue weighted by Gasteiger charge is -1.93. The van der Waals surface area contributed by atoms with Crippen molar-refractivity contribution in [3.8, 4) is 0 Å². The van der Waals surface area contributed by atoms with Gasteiger partial charge in [0.15, 0.2) is 0 Å². The Morgan fingerprint density at radius 3 is 3.07 bits per heavy atom. The molecule has 0 spiro atoms. The van der Waals surface area contributed by atoms with Gasteiger partial charge in [0.2, 0.25) is 0 Å². The van der Waals surface area contributed by atoms with E-state index in [2.05, 4.69) is 12.2 Å². The molecule has 0 atom stereocenters. The Kier molecular flexibility index (Phi) is 1.68. The third kappa shape index (κ3) is 1.26. The topological polar surface area (TPSA) is 39.2 Å². The van der Waals surface area contributed by atoms with Crippen LogP contribution in [0.25, 0.3) is 17.0 Å². The van der Waals surface area contributed by atoms with Crippen LogP contribution in [-0.4, -0.2) is 0 Å². The van der Waals surface area contributed by atoms with Crippen LogP contribution in [0.3, 0.4) is 0 Å². The minimum Gasteiger partial charge on any atom is -0.460 e. The number of rotatable bonds is 0. The second-order valence-corrected chi connectivity index (χ2v) is 3.69. The molecular weight excluding hydrogens is 186 g/mol. The molecule has 0 bridgehead atoms. The van der Waals surface area contributed by atoms with Gasteiger partial charge in [-0.3, -0.25) is 0 Å². The molecule has 74 valence electrons. The van der Waals surface area contributed by atoms with E-state index in [1.54, 1.807) is 0 Å². The maximum atomic E-state index is 5.77. The monoisotopic (exact) mass is 197 g/mol. The van der Waals surface area contributed by atoms with E-state index in [0.717, 1.165) is 34.4 Å². The summed E-state index contributed by atoms with van der Waals surface area (Å²) in [5.41, 5.74) is 8.61. The fourth-order valence-electron chi connectivity index (χ4n) is 1.92. The quantitative estimate of drug-likeness (QED) is 0.659. The van der Waals surface area contributed by atoms with Gasteiger partial charge in [0, 0.05) is 23.1 Å². The standard InChI is InChI=1S/C13H11NO/c14-9-6-7-13-11(8-9)10-4-2-1-3-5-12(10)15-13/h1-4,6-8H,5,14H2. The van der Waals surface area contributed by atoms with Crippen molar-refractivity contribution < 1.29 is 4.42 Å². The van der Waals surface area contributed by atoms with E-state index >= 15 is 0 Å². The van der Waals surface area contributed by atoms with Gasteiger partial charge in [-0.2, -0.15) is 0 Å². The molecule has 2 heteroatoms. The Morgan fingerprint density at radius 2 is 2.13 bits per heavy atom. The number of hydrogen-bond donors (Lipinski definition) is 1. The summed E-state index contributed by atoms with van der Waals surface area (Å²) in [4.78, 5) is 0. The van der Waals surface area contributed by atoms with Crippen molar-refractivity contribution in [2.24, 2.45) is 0 Å². The van der Waals surface area contributed by atoms with Crippen LogP contribution in [0.15, 0.2) is 40.8 Å². The predicted molar refractivity (Wildman–Crippen MR) is 62.5 cm³/mol. The minimum absolute atomic E-state index is 0.775. The molecule has 1 heterocycles. The molecule has 0 aliphatic heterocycles. The van der Waals surface area contributed by atoms with Crippen LogP contribution in [0, 0.1) is 0 Å². The van der Waals surface area contributed by atoms with E-state index in [1.807, 2.05) is 30.4 Å². The molecule has 1 aliphatic carbocycles. The highest BCUT2D eigenvalue weighted by molar-refractivity contribution is 5.91. The van der Waals surface area contributed by atoms with E-state index in [0.29, 0.717) is 0 Å². The molecule has 0 saturated carbocycles. The van der Waals surface area contributed by atoms with Crippen LogP contribution in [0.1, 0.15) is 11.3 Å². The average Bonchev–Trinajstić information content (AvgIpc) is 2.44. The van der Waals surface area contributed by atoms with Crippen molar-refractivity contribution in [2.75, 3.05) is 5.73 Å². The summed E-state index contributed by atoms with van der Waals surface area (Å²) in [5.74, 6) is 1.01. The average molecular weight is 197 g/mol. The zero-order chi connectivity index (χ0) is 10.3. The first-order valence-corrected chi connectivity index (χ1v) is 4.99. The highest BCUT2D eigenvalue weighted by atomic mass is 16.3.